The van der Waals surface area contributed by atoms with Crippen molar-refractivity contribution in [2.75, 3.05) is 13.6 Å². The quantitative estimate of drug-likeness (QED) is 0.798. The molecular weight excluding hydrogens is 296 g/mol. The Morgan fingerprint density at radius 1 is 1.45 bits per heavy atom. The van der Waals surface area contributed by atoms with E-state index in [-0.39, 0.29) is 0 Å². The second kappa shape index (κ2) is 6.49. The second-order valence-electron chi connectivity index (χ2n) is 4.37. The Balaban J connectivity index is 2.00. The molecule has 110 valence electrons. The maximum atomic E-state index is 12.2. The first-order valence-electron chi connectivity index (χ1n) is 6.24. The summed E-state index contributed by atoms with van der Waals surface area (Å²) in [6.45, 7) is 3.44. The first kappa shape index (κ1) is 15.2. The van der Waals surface area contributed by atoms with Gasteiger partial charge in [0.25, 0.3) is 0 Å². The molecule has 0 saturated carbocycles. The summed E-state index contributed by atoms with van der Waals surface area (Å²) in [5.74, 6) is 0. The van der Waals surface area contributed by atoms with Gasteiger partial charge in [0.05, 0.1) is 6.54 Å². The zero-order chi connectivity index (χ0) is 14.6. The van der Waals surface area contributed by atoms with Crippen LogP contribution in [0.5, 0.6) is 0 Å². The summed E-state index contributed by atoms with van der Waals surface area (Å²) in [5, 5.41) is 7.06. The number of rotatable bonds is 7. The van der Waals surface area contributed by atoms with Crippen LogP contribution >= 0.6 is 11.3 Å². The van der Waals surface area contributed by atoms with Gasteiger partial charge < -0.3 is 5.32 Å². The predicted molar refractivity (Wildman–Crippen MR) is 79.2 cm³/mol. The van der Waals surface area contributed by atoms with E-state index < -0.39 is 10.0 Å². The van der Waals surface area contributed by atoms with Gasteiger partial charge in [-0.05, 0) is 31.7 Å². The van der Waals surface area contributed by atoms with Crippen molar-refractivity contribution in [3.8, 4) is 0 Å². The molecule has 0 spiro atoms. The largest absolute Gasteiger partial charge is 0.315 e. The summed E-state index contributed by atoms with van der Waals surface area (Å²) in [5.41, 5.74) is 0.997. The van der Waals surface area contributed by atoms with Crippen LogP contribution < -0.4 is 10.0 Å². The van der Waals surface area contributed by atoms with Crippen LogP contribution in [0.4, 0.5) is 0 Å². The van der Waals surface area contributed by atoms with Gasteiger partial charge in [-0.3, -0.25) is 4.68 Å². The number of sulfonamides is 1. The van der Waals surface area contributed by atoms with E-state index in [9.17, 15) is 8.42 Å². The van der Waals surface area contributed by atoms with Gasteiger partial charge >= 0.3 is 0 Å². The molecule has 0 aromatic carbocycles. The number of nitrogens with one attached hydrogen (secondary N) is 2. The van der Waals surface area contributed by atoms with Crippen LogP contribution in [0.15, 0.2) is 28.7 Å². The molecule has 8 heteroatoms. The summed E-state index contributed by atoms with van der Waals surface area (Å²) >= 11 is 1.30. The normalized spacial score (nSPS) is 11.9. The molecule has 0 aliphatic heterocycles. The number of thiophene rings is 1. The van der Waals surface area contributed by atoms with Crippen molar-refractivity contribution in [3.63, 3.8) is 0 Å². The third-order valence-electron chi connectivity index (χ3n) is 2.79. The van der Waals surface area contributed by atoms with E-state index in [0.29, 0.717) is 23.8 Å². The van der Waals surface area contributed by atoms with Gasteiger partial charge in [0.2, 0.25) is 10.0 Å². The lowest BCUT2D eigenvalue weighted by molar-refractivity contribution is 0.562. The van der Waals surface area contributed by atoms with Crippen LogP contribution in [-0.4, -0.2) is 31.8 Å². The van der Waals surface area contributed by atoms with Crippen LogP contribution in [0.3, 0.4) is 0 Å². The first-order chi connectivity index (χ1) is 9.53. The molecule has 0 amide bonds. The van der Waals surface area contributed by atoms with Gasteiger partial charge in [-0.15, -0.1) is 11.3 Å². The third kappa shape index (κ3) is 3.66. The highest BCUT2D eigenvalue weighted by Gasteiger charge is 2.18. The number of hydrogen-bond acceptors (Lipinski definition) is 5. The Hall–Kier alpha value is -1.22. The summed E-state index contributed by atoms with van der Waals surface area (Å²) < 4.78 is 29.0. The Bertz CT molecular complexity index is 647. The Labute approximate surface area is 122 Å². The van der Waals surface area contributed by atoms with Crippen molar-refractivity contribution in [2.45, 2.75) is 24.2 Å². The molecule has 0 aliphatic carbocycles. The molecule has 2 rings (SSSR count). The number of aromatic nitrogens is 2. The lowest BCUT2D eigenvalue weighted by atomic mass is 10.3. The van der Waals surface area contributed by atoms with E-state index in [4.69, 9.17) is 0 Å². The highest BCUT2D eigenvalue weighted by Crippen LogP contribution is 2.25. The van der Waals surface area contributed by atoms with E-state index >= 15 is 0 Å². The Morgan fingerprint density at radius 2 is 2.25 bits per heavy atom. The molecule has 0 bridgehead atoms. The van der Waals surface area contributed by atoms with Crippen molar-refractivity contribution < 1.29 is 8.42 Å². The number of hydrogen-bond donors (Lipinski definition) is 2. The van der Waals surface area contributed by atoms with Crippen LogP contribution in [0.1, 0.15) is 10.4 Å². The zero-order valence-electron chi connectivity index (χ0n) is 11.5. The predicted octanol–water partition coefficient (Wildman–Crippen LogP) is 0.951. The van der Waals surface area contributed by atoms with Crippen molar-refractivity contribution in [1.82, 2.24) is 19.8 Å². The first-order valence-corrected chi connectivity index (χ1v) is 8.54. The van der Waals surface area contributed by atoms with Gasteiger partial charge in [-0.2, -0.15) is 5.10 Å². The molecule has 2 aromatic heterocycles. The topological polar surface area (TPSA) is 76.0 Å². The minimum Gasteiger partial charge on any atom is -0.315 e. The van der Waals surface area contributed by atoms with Crippen LogP contribution in [0.2, 0.25) is 0 Å². The fourth-order valence-electron chi connectivity index (χ4n) is 1.76. The summed E-state index contributed by atoms with van der Waals surface area (Å²) in [7, 11) is -1.59. The third-order valence-corrected chi connectivity index (χ3v) is 5.96. The van der Waals surface area contributed by atoms with E-state index in [1.165, 1.54) is 11.3 Å². The van der Waals surface area contributed by atoms with Crippen LogP contribution in [0, 0.1) is 6.92 Å². The molecular formula is C12H18N4O2S2. The molecule has 6 nitrogen and oxygen atoms in total. The summed E-state index contributed by atoms with van der Waals surface area (Å²) in [4.78, 5) is 1.04. The van der Waals surface area contributed by atoms with E-state index in [0.717, 1.165) is 10.4 Å². The molecule has 2 heterocycles. The average molecular weight is 314 g/mol. The van der Waals surface area contributed by atoms with Gasteiger partial charge in [0.1, 0.15) is 4.21 Å². The van der Waals surface area contributed by atoms with Crippen LogP contribution in [-0.2, 0) is 23.1 Å². The Morgan fingerprint density at radius 3 is 2.90 bits per heavy atom. The highest BCUT2D eigenvalue weighted by atomic mass is 32.2. The molecule has 2 aromatic rings. The fourth-order valence-corrected chi connectivity index (χ4v) is 4.42. The van der Waals surface area contributed by atoms with E-state index in [1.807, 2.05) is 14.0 Å². The maximum Gasteiger partial charge on any atom is 0.250 e. The minimum absolute atomic E-state index is 0.322. The van der Waals surface area contributed by atoms with E-state index in [2.05, 4.69) is 15.1 Å². The lowest BCUT2D eigenvalue weighted by Crippen LogP contribution is -2.27. The van der Waals surface area contributed by atoms with Gasteiger partial charge in [-0.25, -0.2) is 13.1 Å². The highest BCUT2D eigenvalue weighted by molar-refractivity contribution is 7.91. The molecule has 0 atom stereocenters. The van der Waals surface area contributed by atoms with Crippen molar-refractivity contribution >= 4 is 21.4 Å². The van der Waals surface area contributed by atoms with Gasteiger partial charge in [0.15, 0.2) is 0 Å². The second-order valence-corrected chi connectivity index (χ2v) is 7.50. The molecule has 0 fully saturated rings. The minimum atomic E-state index is -3.43. The Kier molecular flexibility index (Phi) is 4.92. The molecule has 0 radical (unpaired) electrons. The van der Waals surface area contributed by atoms with Crippen LogP contribution in [0.25, 0.3) is 0 Å². The molecule has 0 aliphatic rings. The molecule has 2 N–H and O–H groups in total. The van der Waals surface area contributed by atoms with Gasteiger partial charge in [0, 0.05) is 30.4 Å². The standard InChI is InChI=1S/C12H18N4O2S2/c1-10-8-12(19-11(10)9-13-2)20(17,18)15-5-7-16-6-3-4-14-16/h3-4,6,8,13,15H,5,7,9H2,1-2H3. The van der Waals surface area contributed by atoms with Crippen molar-refractivity contribution in [1.29, 1.82) is 0 Å². The number of aryl methyl sites for hydroxylation is 1. The summed E-state index contributed by atoms with van der Waals surface area (Å²) in [6.07, 6.45) is 3.47. The van der Waals surface area contributed by atoms with Gasteiger partial charge in [-0.1, -0.05) is 0 Å². The van der Waals surface area contributed by atoms with E-state index in [1.54, 1.807) is 29.2 Å². The monoisotopic (exact) mass is 314 g/mol. The van der Waals surface area contributed by atoms with Crippen molar-refractivity contribution in [3.05, 3.63) is 35.0 Å². The number of nitrogens with zero attached hydrogens (tertiary/aromatic N) is 2. The summed E-state index contributed by atoms with van der Waals surface area (Å²) in [6, 6.07) is 3.52. The molecule has 20 heavy (non-hydrogen) atoms. The smallest absolute Gasteiger partial charge is 0.250 e. The lowest BCUT2D eigenvalue weighted by Gasteiger charge is -2.04. The zero-order valence-corrected chi connectivity index (χ0v) is 13.1. The average Bonchev–Trinajstić information content (AvgIpc) is 3.01. The fraction of sp³-hybridized carbons (Fsp3) is 0.417. The molecule has 0 saturated heterocycles. The van der Waals surface area contributed by atoms with Crippen molar-refractivity contribution in [2.24, 2.45) is 0 Å². The maximum absolute atomic E-state index is 12.2. The SMILES string of the molecule is CNCc1sc(S(=O)(=O)NCCn2cccn2)cc1C. The molecule has 0 unspecified atom stereocenters.